The number of pyridine rings is 1. The highest BCUT2D eigenvalue weighted by atomic mass is 19.1. The van der Waals surface area contributed by atoms with E-state index in [0.717, 1.165) is 10.5 Å². The van der Waals surface area contributed by atoms with E-state index in [1.54, 1.807) is 6.07 Å². The molecule has 1 aromatic carbocycles. The van der Waals surface area contributed by atoms with Crippen LogP contribution in [0.1, 0.15) is 5.56 Å². The van der Waals surface area contributed by atoms with Crippen molar-refractivity contribution in [3.63, 3.8) is 0 Å². The van der Waals surface area contributed by atoms with Gasteiger partial charge < -0.3 is 19.3 Å². The van der Waals surface area contributed by atoms with Crippen molar-refractivity contribution < 1.29 is 23.8 Å². The SMILES string of the molecule is CN(C[C@@H]1OC(=O)N2c3cc(F)c(-n4ccc(=O)cc4)cc3C[C@@H]12)C(=O)O. The van der Waals surface area contributed by atoms with Crippen LogP contribution in [-0.4, -0.2) is 52.5 Å². The van der Waals surface area contributed by atoms with Crippen molar-refractivity contribution in [2.45, 2.75) is 18.6 Å². The molecule has 2 aromatic rings. The van der Waals surface area contributed by atoms with Gasteiger partial charge in [0.1, 0.15) is 11.9 Å². The van der Waals surface area contributed by atoms with Gasteiger partial charge in [0, 0.05) is 37.6 Å². The predicted octanol–water partition coefficient (Wildman–Crippen LogP) is 1.84. The van der Waals surface area contributed by atoms with Crippen molar-refractivity contribution in [3.8, 4) is 5.69 Å². The summed E-state index contributed by atoms with van der Waals surface area (Å²) in [6.45, 7) is 0.0330. The van der Waals surface area contributed by atoms with Gasteiger partial charge in [-0.25, -0.2) is 14.0 Å². The first-order chi connectivity index (χ1) is 12.8. The number of benzene rings is 1. The van der Waals surface area contributed by atoms with Crippen LogP contribution in [0.3, 0.4) is 0 Å². The van der Waals surface area contributed by atoms with E-state index in [9.17, 15) is 18.8 Å². The van der Waals surface area contributed by atoms with Gasteiger partial charge in [-0.1, -0.05) is 0 Å². The van der Waals surface area contributed by atoms with Gasteiger partial charge >= 0.3 is 12.2 Å². The molecule has 1 fully saturated rings. The number of nitrogens with zero attached hydrogens (tertiary/aromatic N) is 3. The lowest BCUT2D eigenvalue weighted by Gasteiger charge is -2.21. The number of anilines is 1. The maximum absolute atomic E-state index is 14.7. The summed E-state index contributed by atoms with van der Waals surface area (Å²) < 4.78 is 21.5. The summed E-state index contributed by atoms with van der Waals surface area (Å²) in [7, 11) is 1.40. The summed E-state index contributed by atoms with van der Waals surface area (Å²) in [5.74, 6) is -0.544. The molecule has 0 spiro atoms. The van der Waals surface area contributed by atoms with Gasteiger partial charge in [0.25, 0.3) is 0 Å². The van der Waals surface area contributed by atoms with E-state index in [0.29, 0.717) is 12.1 Å². The minimum absolute atomic E-state index is 0.0330. The third-order valence-electron chi connectivity index (χ3n) is 4.90. The molecule has 0 radical (unpaired) electrons. The number of carbonyl (C=O) groups is 2. The molecule has 4 rings (SSSR count). The second-order valence-electron chi connectivity index (χ2n) is 6.60. The molecule has 1 saturated heterocycles. The molecule has 27 heavy (non-hydrogen) atoms. The summed E-state index contributed by atoms with van der Waals surface area (Å²) in [6, 6.07) is 5.18. The minimum Gasteiger partial charge on any atom is -0.465 e. The zero-order chi connectivity index (χ0) is 19.3. The maximum atomic E-state index is 14.7. The van der Waals surface area contributed by atoms with Crippen molar-refractivity contribution >= 4 is 17.9 Å². The fraction of sp³-hybridized carbons (Fsp3) is 0.278. The molecule has 0 unspecified atom stereocenters. The van der Waals surface area contributed by atoms with Crippen LogP contribution in [0.5, 0.6) is 0 Å². The molecule has 2 aliphatic heterocycles. The molecule has 2 atom stereocenters. The lowest BCUT2D eigenvalue weighted by Crippen LogP contribution is -2.41. The van der Waals surface area contributed by atoms with E-state index in [2.05, 4.69) is 0 Å². The average molecular weight is 373 g/mol. The van der Waals surface area contributed by atoms with Gasteiger partial charge in [-0.3, -0.25) is 9.69 Å². The Kier molecular flexibility index (Phi) is 3.87. The standard InChI is InChI=1S/C18H16FN3O5/c1-20(17(24)25)9-16-15-7-10-6-14(21-4-2-11(23)3-5-21)12(19)8-13(10)22(15)18(26)27-16/h2-6,8,15-16H,7,9H2,1H3,(H,24,25)/t15-,16-/m0/s1. The van der Waals surface area contributed by atoms with E-state index in [-0.39, 0.29) is 17.7 Å². The molecule has 3 heterocycles. The summed E-state index contributed by atoms with van der Waals surface area (Å²) in [4.78, 5) is 37.0. The molecule has 1 aromatic heterocycles. The number of carbonyl (C=O) groups excluding carboxylic acids is 1. The molecule has 1 N–H and O–H groups in total. The zero-order valence-corrected chi connectivity index (χ0v) is 14.3. The number of carboxylic acid groups (broad SMARTS) is 1. The molecule has 140 valence electrons. The molecule has 0 aliphatic carbocycles. The number of likely N-dealkylation sites (N-methyl/N-ethyl adjacent to an activating group) is 1. The number of hydrogen-bond donors (Lipinski definition) is 1. The number of fused-ring (bicyclic) bond motifs is 3. The van der Waals surface area contributed by atoms with Crippen LogP contribution in [0.15, 0.2) is 41.5 Å². The van der Waals surface area contributed by atoms with E-state index in [1.165, 1.54) is 47.1 Å². The van der Waals surface area contributed by atoms with Gasteiger partial charge in [-0.2, -0.15) is 0 Å². The van der Waals surface area contributed by atoms with Gasteiger partial charge in [0.05, 0.1) is 24.0 Å². The second kappa shape index (κ2) is 6.11. The molecule has 0 bridgehead atoms. The number of amides is 2. The highest BCUT2D eigenvalue weighted by molar-refractivity contribution is 5.94. The number of rotatable bonds is 3. The minimum atomic E-state index is -1.12. The Hall–Kier alpha value is -3.36. The van der Waals surface area contributed by atoms with Gasteiger partial charge in [0.2, 0.25) is 0 Å². The quantitative estimate of drug-likeness (QED) is 0.886. The van der Waals surface area contributed by atoms with E-state index < -0.39 is 30.1 Å². The highest BCUT2D eigenvalue weighted by Gasteiger charge is 2.48. The molecular formula is C18H16FN3O5. The number of cyclic esters (lactones) is 1. The largest absolute Gasteiger partial charge is 0.465 e. The van der Waals surface area contributed by atoms with Gasteiger partial charge in [-0.15, -0.1) is 0 Å². The molecule has 2 amide bonds. The number of halogens is 1. The molecule has 2 aliphatic rings. The average Bonchev–Trinajstić information content (AvgIpc) is 3.13. The fourth-order valence-corrected chi connectivity index (χ4v) is 3.55. The third-order valence-corrected chi connectivity index (χ3v) is 4.90. The first kappa shape index (κ1) is 17.1. The van der Waals surface area contributed by atoms with E-state index >= 15 is 0 Å². The smallest absolute Gasteiger partial charge is 0.415 e. The van der Waals surface area contributed by atoms with Crippen molar-refractivity contribution in [1.82, 2.24) is 9.47 Å². The first-order valence-electron chi connectivity index (χ1n) is 8.30. The van der Waals surface area contributed by atoms with Crippen LogP contribution in [0.4, 0.5) is 19.7 Å². The Labute approximate surface area is 153 Å². The number of ether oxygens (including phenoxy) is 1. The maximum Gasteiger partial charge on any atom is 0.415 e. The van der Waals surface area contributed by atoms with Crippen LogP contribution in [0.2, 0.25) is 0 Å². The lowest BCUT2D eigenvalue weighted by molar-refractivity contribution is 0.0961. The Bertz CT molecular complexity index is 984. The Balaban J connectivity index is 1.67. The first-order valence-corrected chi connectivity index (χ1v) is 8.30. The third kappa shape index (κ3) is 2.80. The number of hydrogen-bond acceptors (Lipinski definition) is 4. The summed E-state index contributed by atoms with van der Waals surface area (Å²) >= 11 is 0. The Morgan fingerprint density at radius 1 is 1.30 bits per heavy atom. The van der Waals surface area contributed by atoms with Crippen LogP contribution >= 0.6 is 0 Å². The van der Waals surface area contributed by atoms with Crippen molar-refractivity contribution in [2.75, 3.05) is 18.5 Å². The summed E-state index contributed by atoms with van der Waals surface area (Å²) in [5.41, 5.74) is 1.27. The van der Waals surface area contributed by atoms with Crippen LogP contribution in [0.25, 0.3) is 5.69 Å². The number of aromatic nitrogens is 1. The Morgan fingerprint density at radius 3 is 2.67 bits per heavy atom. The van der Waals surface area contributed by atoms with E-state index in [4.69, 9.17) is 9.84 Å². The highest BCUT2D eigenvalue weighted by Crippen LogP contribution is 2.40. The Morgan fingerprint density at radius 2 is 2.00 bits per heavy atom. The normalized spacial score (nSPS) is 20.2. The fourth-order valence-electron chi connectivity index (χ4n) is 3.55. The lowest BCUT2D eigenvalue weighted by atomic mass is 10.0. The zero-order valence-electron chi connectivity index (χ0n) is 14.3. The van der Waals surface area contributed by atoms with Gasteiger partial charge in [0.15, 0.2) is 5.43 Å². The monoisotopic (exact) mass is 373 g/mol. The molecule has 9 heteroatoms. The second-order valence-corrected chi connectivity index (χ2v) is 6.60. The van der Waals surface area contributed by atoms with Crippen LogP contribution in [0, 0.1) is 5.82 Å². The van der Waals surface area contributed by atoms with Gasteiger partial charge in [-0.05, 0) is 18.1 Å². The van der Waals surface area contributed by atoms with Crippen molar-refractivity contribution in [3.05, 3.63) is 58.3 Å². The van der Waals surface area contributed by atoms with Crippen molar-refractivity contribution in [1.29, 1.82) is 0 Å². The van der Waals surface area contributed by atoms with E-state index in [1.807, 2.05) is 0 Å². The summed E-state index contributed by atoms with van der Waals surface area (Å²) in [6.07, 6.45) is 1.01. The topological polar surface area (TPSA) is 92.1 Å². The molecular weight excluding hydrogens is 357 g/mol. The molecule has 8 nitrogen and oxygen atoms in total. The van der Waals surface area contributed by atoms with Crippen molar-refractivity contribution in [2.24, 2.45) is 0 Å². The van der Waals surface area contributed by atoms with Crippen LogP contribution in [-0.2, 0) is 11.2 Å². The predicted molar refractivity (Wildman–Crippen MR) is 92.9 cm³/mol. The summed E-state index contributed by atoms with van der Waals surface area (Å²) in [5, 5.41) is 9.04. The molecule has 0 saturated carbocycles. The van der Waals surface area contributed by atoms with Crippen LogP contribution < -0.4 is 10.3 Å².